The summed E-state index contributed by atoms with van der Waals surface area (Å²) >= 11 is 0. The number of imidazole rings is 1. The lowest BCUT2D eigenvalue weighted by molar-refractivity contribution is 0.0936. The Bertz CT molecular complexity index is 1330. The molecule has 0 fully saturated rings. The summed E-state index contributed by atoms with van der Waals surface area (Å²) < 4.78 is 25.4. The molecule has 0 aliphatic rings. The van der Waals surface area contributed by atoms with E-state index in [0.29, 0.717) is 12.0 Å². The summed E-state index contributed by atoms with van der Waals surface area (Å²) in [4.78, 5) is 17.9. The standard InChI is InChI=1S/C24H23N3O3S/c1-27-22-11-7-6-10-20(22)25-23(27)16-21(17-8-4-3-5-9-17)26-24(28)18-12-14-19(15-13-18)31(2,29)30/h3-15,21H,16H2,1-2H3,(H,26,28)/t21-/m0/s1. The molecule has 4 aromatic rings. The molecule has 0 spiro atoms. The molecule has 0 unspecified atom stereocenters. The second kappa shape index (κ2) is 8.35. The van der Waals surface area contributed by atoms with Gasteiger partial charge in [-0.25, -0.2) is 13.4 Å². The Morgan fingerprint density at radius 3 is 2.26 bits per heavy atom. The molecule has 1 aromatic heterocycles. The van der Waals surface area contributed by atoms with Crippen molar-refractivity contribution < 1.29 is 13.2 Å². The van der Waals surface area contributed by atoms with E-state index in [4.69, 9.17) is 4.98 Å². The van der Waals surface area contributed by atoms with Crippen molar-refractivity contribution in [2.75, 3.05) is 6.26 Å². The lowest BCUT2D eigenvalue weighted by Crippen LogP contribution is -2.30. The summed E-state index contributed by atoms with van der Waals surface area (Å²) in [7, 11) is -1.34. The Kier molecular flexibility index (Phi) is 5.61. The minimum absolute atomic E-state index is 0.184. The van der Waals surface area contributed by atoms with Crippen molar-refractivity contribution in [1.82, 2.24) is 14.9 Å². The van der Waals surface area contributed by atoms with Gasteiger partial charge in [0.15, 0.2) is 9.84 Å². The van der Waals surface area contributed by atoms with Crippen LogP contribution in [0.5, 0.6) is 0 Å². The molecule has 1 heterocycles. The molecular weight excluding hydrogens is 410 g/mol. The fourth-order valence-corrected chi connectivity index (χ4v) is 4.22. The van der Waals surface area contributed by atoms with Gasteiger partial charge in [-0.1, -0.05) is 42.5 Å². The normalized spacial score (nSPS) is 12.6. The molecule has 1 atom stereocenters. The van der Waals surface area contributed by atoms with E-state index in [1.165, 1.54) is 24.3 Å². The van der Waals surface area contributed by atoms with Crippen LogP contribution in [0.3, 0.4) is 0 Å². The molecule has 0 saturated carbocycles. The maximum absolute atomic E-state index is 12.9. The van der Waals surface area contributed by atoms with Crippen molar-refractivity contribution in [2.45, 2.75) is 17.4 Å². The maximum atomic E-state index is 12.9. The predicted octanol–water partition coefficient (Wildman–Crippen LogP) is 3.69. The molecule has 0 bridgehead atoms. The molecule has 3 aromatic carbocycles. The van der Waals surface area contributed by atoms with Crippen LogP contribution in [-0.4, -0.2) is 30.1 Å². The van der Waals surface area contributed by atoms with Gasteiger partial charge in [0.1, 0.15) is 5.82 Å². The average Bonchev–Trinajstić information content (AvgIpc) is 3.09. The van der Waals surface area contributed by atoms with E-state index in [-0.39, 0.29) is 16.8 Å². The zero-order valence-corrected chi connectivity index (χ0v) is 18.1. The number of rotatable bonds is 6. The fourth-order valence-electron chi connectivity index (χ4n) is 3.59. The number of nitrogens with one attached hydrogen (secondary N) is 1. The number of aryl methyl sites for hydroxylation is 1. The number of benzene rings is 3. The van der Waals surface area contributed by atoms with Gasteiger partial charge in [-0.05, 0) is 42.0 Å². The summed E-state index contributed by atoms with van der Waals surface area (Å²) in [5, 5.41) is 3.09. The number of aromatic nitrogens is 2. The first-order valence-electron chi connectivity index (χ1n) is 9.89. The molecule has 1 amide bonds. The molecule has 4 rings (SSSR count). The number of carbonyl (C=O) groups is 1. The van der Waals surface area contributed by atoms with E-state index in [0.717, 1.165) is 28.7 Å². The van der Waals surface area contributed by atoms with E-state index in [2.05, 4.69) is 5.32 Å². The van der Waals surface area contributed by atoms with Crippen LogP contribution in [0.4, 0.5) is 0 Å². The first-order chi connectivity index (χ1) is 14.8. The summed E-state index contributed by atoms with van der Waals surface area (Å²) in [5.74, 6) is 0.593. The average molecular weight is 434 g/mol. The highest BCUT2D eigenvalue weighted by atomic mass is 32.2. The third kappa shape index (κ3) is 4.51. The van der Waals surface area contributed by atoms with Crippen LogP contribution in [0.15, 0.2) is 83.8 Å². The van der Waals surface area contributed by atoms with Gasteiger partial charge in [0.25, 0.3) is 5.91 Å². The third-order valence-electron chi connectivity index (χ3n) is 5.32. The van der Waals surface area contributed by atoms with Gasteiger partial charge in [-0.2, -0.15) is 0 Å². The number of hydrogen-bond donors (Lipinski definition) is 1. The summed E-state index contributed by atoms with van der Waals surface area (Å²) in [6.45, 7) is 0. The van der Waals surface area contributed by atoms with Crippen molar-refractivity contribution in [3.05, 3.63) is 95.8 Å². The first-order valence-corrected chi connectivity index (χ1v) is 11.8. The van der Waals surface area contributed by atoms with Crippen LogP contribution in [0.1, 0.15) is 27.8 Å². The maximum Gasteiger partial charge on any atom is 0.251 e. The van der Waals surface area contributed by atoms with E-state index < -0.39 is 9.84 Å². The van der Waals surface area contributed by atoms with Crippen molar-refractivity contribution in [3.63, 3.8) is 0 Å². The van der Waals surface area contributed by atoms with Gasteiger partial charge in [-0.3, -0.25) is 4.79 Å². The fraction of sp³-hybridized carbons (Fsp3) is 0.167. The number of carbonyl (C=O) groups excluding carboxylic acids is 1. The highest BCUT2D eigenvalue weighted by Crippen LogP contribution is 2.22. The first kappa shape index (κ1) is 20.8. The number of sulfone groups is 1. The minimum atomic E-state index is -3.31. The van der Waals surface area contributed by atoms with Crippen LogP contribution < -0.4 is 5.32 Å². The van der Waals surface area contributed by atoms with Crippen LogP contribution in [-0.2, 0) is 23.3 Å². The number of amides is 1. The number of fused-ring (bicyclic) bond motifs is 1. The molecule has 158 valence electrons. The predicted molar refractivity (Wildman–Crippen MR) is 121 cm³/mol. The Morgan fingerprint density at radius 2 is 1.61 bits per heavy atom. The molecule has 0 radical (unpaired) electrons. The molecule has 7 heteroatoms. The molecule has 31 heavy (non-hydrogen) atoms. The summed E-state index contributed by atoms with van der Waals surface area (Å²) in [6.07, 6.45) is 1.66. The van der Waals surface area contributed by atoms with Gasteiger partial charge in [0.2, 0.25) is 0 Å². The van der Waals surface area contributed by atoms with E-state index >= 15 is 0 Å². The second-order valence-electron chi connectivity index (χ2n) is 7.51. The van der Waals surface area contributed by atoms with Crippen LogP contribution in [0, 0.1) is 0 Å². The number of para-hydroxylation sites is 2. The second-order valence-corrected chi connectivity index (χ2v) is 9.53. The molecule has 0 saturated heterocycles. The van der Waals surface area contributed by atoms with Gasteiger partial charge in [0, 0.05) is 25.3 Å². The van der Waals surface area contributed by atoms with E-state index in [9.17, 15) is 13.2 Å². The molecule has 6 nitrogen and oxygen atoms in total. The third-order valence-corrected chi connectivity index (χ3v) is 6.45. The Labute approximate surface area is 181 Å². The zero-order valence-electron chi connectivity index (χ0n) is 17.3. The van der Waals surface area contributed by atoms with Crippen LogP contribution >= 0.6 is 0 Å². The van der Waals surface area contributed by atoms with E-state index in [1.807, 2.05) is 66.2 Å². The molecule has 0 aliphatic carbocycles. The molecular formula is C24H23N3O3S. The molecule has 1 N–H and O–H groups in total. The smallest absolute Gasteiger partial charge is 0.251 e. The van der Waals surface area contributed by atoms with E-state index in [1.54, 1.807) is 0 Å². The number of hydrogen-bond acceptors (Lipinski definition) is 4. The van der Waals surface area contributed by atoms with Crippen molar-refractivity contribution in [2.24, 2.45) is 7.05 Å². The van der Waals surface area contributed by atoms with Crippen molar-refractivity contribution in [3.8, 4) is 0 Å². The SMILES string of the molecule is Cn1c(C[C@H](NC(=O)c2ccc(S(C)(=O)=O)cc2)c2ccccc2)nc2ccccc21. The summed E-state index contributed by atoms with van der Waals surface area (Å²) in [5.41, 5.74) is 3.32. The van der Waals surface area contributed by atoms with Gasteiger partial charge in [0.05, 0.1) is 22.0 Å². The number of nitrogens with zero attached hydrogens (tertiary/aromatic N) is 2. The highest BCUT2D eigenvalue weighted by molar-refractivity contribution is 7.90. The van der Waals surface area contributed by atoms with Crippen molar-refractivity contribution in [1.29, 1.82) is 0 Å². The highest BCUT2D eigenvalue weighted by Gasteiger charge is 2.20. The Hall–Kier alpha value is -3.45. The van der Waals surface area contributed by atoms with Gasteiger partial charge >= 0.3 is 0 Å². The molecule has 0 aliphatic heterocycles. The zero-order chi connectivity index (χ0) is 22.0. The van der Waals surface area contributed by atoms with Crippen LogP contribution in [0.2, 0.25) is 0 Å². The lowest BCUT2D eigenvalue weighted by Gasteiger charge is -2.19. The Morgan fingerprint density at radius 1 is 0.968 bits per heavy atom. The monoisotopic (exact) mass is 433 g/mol. The largest absolute Gasteiger partial charge is 0.345 e. The topological polar surface area (TPSA) is 81.1 Å². The van der Waals surface area contributed by atoms with Gasteiger partial charge in [-0.15, -0.1) is 0 Å². The van der Waals surface area contributed by atoms with Crippen LogP contribution in [0.25, 0.3) is 11.0 Å². The van der Waals surface area contributed by atoms with Crippen molar-refractivity contribution >= 4 is 26.8 Å². The quantitative estimate of drug-likeness (QED) is 0.503. The minimum Gasteiger partial charge on any atom is -0.345 e. The lowest BCUT2D eigenvalue weighted by atomic mass is 10.0. The summed E-state index contributed by atoms with van der Waals surface area (Å²) in [6, 6.07) is 23.3. The Balaban J connectivity index is 1.62. The van der Waals surface area contributed by atoms with Gasteiger partial charge < -0.3 is 9.88 Å².